The van der Waals surface area contributed by atoms with Gasteiger partial charge in [0, 0.05) is 18.5 Å². The Bertz CT molecular complexity index is 975. The van der Waals surface area contributed by atoms with Gasteiger partial charge in [-0.05, 0) is 19.1 Å². The van der Waals surface area contributed by atoms with Crippen molar-refractivity contribution in [1.29, 1.82) is 0 Å². The van der Waals surface area contributed by atoms with Crippen LogP contribution in [-0.4, -0.2) is 26.8 Å². The highest BCUT2D eigenvalue weighted by Gasteiger charge is 2.21. The Morgan fingerprint density at radius 1 is 1.22 bits per heavy atom. The first-order valence-electron chi connectivity index (χ1n) is 7.91. The van der Waals surface area contributed by atoms with E-state index in [1.807, 2.05) is 0 Å². The van der Waals surface area contributed by atoms with E-state index < -0.39 is 11.8 Å². The van der Waals surface area contributed by atoms with E-state index in [1.54, 1.807) is 18.4 Å². The van der Waals surface area contributed by atoms with Gasteiger partial charge in [0.1, 0.15) is 12.4 Å². The van der Waals surface area contributed by atoms with Crippen LogP contribution < -0.4 is 4.90 Å². The number of benzene rings is 1. The van der Waals surface area contributed by atoms with E-state index in [1.165, 1.54) is 42.4 Å². The standard InChI is InChI=1S/C18H15FN4O3S/c1-11-7-21-15(8-20-11)17(25)26-9-13-10-27-18(22-13)23(12(2)24)16-6-4-3-5-14(16)19/h3-8,10H,9H2,1-2H3. The minimum Gasteiger partial charge on any atom is -0.454 e. The molecule has 2 aromatic heterocycles. The molecule has 3 aromatic rings. The Kier molecular flexibility index (Phi) is 5.51. The highest BCUT2D eigenvalue weighted by atomic mass is 32.1. The van der Waals surface area contributed by atoms with Crippen molar-refractivity contribution in [1.82, 2.24) is 15.0 Å². The number of anilines is 2. The second kappa shape index (κ2) is 8.00. The van der Waals surface area contributed by atoms with Crippen molar-refractivity contribution in [3.8, 4) is 0 Å². The first kappa shape index (κ1) is 18.6. The van der Waals surface area contributed by atoms with Crippen LogP contribution in [0, 0.1) is 12.7 Å². The summed E-state index contributed by atoms with van der Waals surface area (Å²) in [4.78, 5) is 37.4. The molecule has 0 radical (unpaired) electrons. The quantitative estimate of drug-likeness (QED) is 0.625. The summed E-state index contributed by atoms with van der Waals surface area (Å²) in [7, 11) is 0. The summed E-state index contributed by atoms with van der Waals surface area (Å²) < 4.78 is 19.2. The molecule has 138 valence electrons. The van der Waals surface area contributed by atoms with Crippen molar-refractivity contribution in [2.24, 2.45) is 0 Å². The van der Waals surface area contributed by atoms with Gasteiger partial charge in [0.25, 0.3) is 0 Å². The number of ether oxygens (including phenoxy) is 1. The van der Waals surface area contributed by atoms with Crippen LogP contribution in [0.15, 0.2) is 42.0 Å². The number of esters is 1. The van der Waals surface area contributed by atoms with Gasteiger partial charge >= 0.3 is 5.97 Å². The summed E-state index contributed by atoms with van der Waals surface area (Å²) in [5.41, 5.74) is 1.32. The lowest BCUT2D eigenvalue weighted by molar-refractivity contribution is -0.115. The van der Waals surface area contributed by atoms with E-state index in [0.29, 0.717) is 11.4 Å². The zero-order chi connectivity index (χ0) is 19.4. The highest BCUT2D eigenvalue weighted by molar-refractivity contribution is 7.14. The van der Waals surface area contributed by atoms with Crippen LogP contribution in [-0.2, 0) is 16.1 Å². The Balaban J connectivity index is 1.73. The number of halogens is 1. The van der Waals surface area contributed by atoms with E-state index >= 15 is 0 Å². The molecule has 0 aliphatic carbocycles. The molecule has 0 spiro atoms. The summed E-state index contributed by atoms with van der Waals surface area (Å²) in [6.07, 6.45) is 2.80. The SMILES string of the molecule is CC(=O)N(c1nc(COC(=O)c2cnc(C)cn2)cs1)c1ccccc1F. The number of nitrogens with zero attached hydrogens (tertiary/aromatic N) is 4. The molecule has 27 heavy (non-hydrogen) atoms. The molecule has 0 bridgehead atoms. The number of carbonyl (C=O) groups is 2. The maximum atomic E-state index is 14.1. The molecule has 9 heteroatoms. The highest BCUT2D eigenvalue weighted by Crippen LogP contribution is 2.30. The van der Waals surface area contributed by atoms with Gasteiger partial charge in [-0.3, -0.25) is 14.7 Å². The number of hydrogen-bond acceptors (Lipinski definition) is 7. The predicted octanol–water partition coefficient (Wildman–Crippen LogP) is 3.42. The van der Waals surface area contributed by atoms with E-state index in [-0.39, 0.29) is 29.0 Å². The molecule has 2 heterocycles. The van der Waals surface area contributed by atoms with Crippen LogP contribution in [0.2, 0.25) is 0 Å². The smallest absolute Gasteiger partial charge is 0.358 e. The number of aromatic nitrogens is 3. The van der Waals surface area contributed by atoms with Crippen LogP contribution in [0.4, 0.5) is 15.2 Å². The number of rotatable bonds is 5. The predicted molar refractivity (Wildman–Crippen MR) is 97.2 cm³/mol. The lowest BCUT2D eigenvalue weighted by Crippen LogP contribution is -2.23. The molecular formula is C18H15FN4O3S. The van der Waals surface area contributed by atoms with Gasteiger partial charge in [-0.25, -0.2) is 19.2 Å². The van der Waals surface area contributed by atoms with Crippen LogP contribution in [0.1, 0.15) is 28.8 Å². The maximum absolute atomic E-state index is 14.1. The Hall–Kier alpha value is -3.20. The second-order valence-corrected chi connectivity index (χ2v) is 6.38. The molecular weight excluding hydrogens is 371 g/mol. The Labute approximate surface area is 158 Å². The van der Waals surface area contributed by atoms with Gasteiger partial charge in [-0.2, -0.15) is 0 Å². The molecule has 0 fully saturated rings. The first-order chi connectivity index (χ1) is 13.0. The minimum atomic E-state index is -0.630. The van der Waals surface area contributed by atoms with Crippen molar-refractivity contribution in [3.05, 3.63) is 64.9 Å². The van der Waals surface area contributed by atoms with E-state index in [9.17, 15) is 14.0 Å². The monoisotopic (exact) mass is 386 g/mol. The third kappa shape index (κ3) is 4.32. The molecule has 0 aliphatic heterocycles. The fourth-order valence-electron chi connectivity index (χ4n) is 2.22. The third-order valence-electron chi connectivity index (χ3n) is 3.48. The summed E-state index contributed by atoms with van der Waals surface area (Å²) in [6, 6.07) is 5.93. The van der Waals surface area contributed by atoms with Gasteiger partial charge in [0.15, 0.2) is 10.8 Å². The molecule has 0 saturated heterocycles. The second-order valence-electron chi connectivity index (χ2n) is 5.55. The molecule has 1 aromatic carbocycles. The summed E-state index contributed by atoms with van der Waals surface area (Å²) in [5.74, 6) is -1.55. The summed E-state index contributed by atoms with van der Waals surface area (Å²) in [5, 5.41) is 1.93. The average molecular weight is 386 g/mol. The molecule has 0 atom stereocenters. The van der Waals surface area contributed by atoms with Crippen molar-refractivity contribution >= 4 is 34.0 Å². The van der Waals surface area contributed by atoms with E-state index in [2.05, 4.69) is 15.0 Å². The lowest BCUT2D eigenvalue weighted by atomic mass is 10.3. The van der Waals surface area contributed by atoms with Gasteiger partial charge in [0.05, 0.1) is 23.3 Å². The molecule has 3 rings (SSSR count). The van der Waals surface area contributed by atoms with Gasteiger partial charge in [-0.1, -0.05) is 12.1 Å². The van der Waals surface area contributed by atoms with Gasteiger partial charge in [0.2, 0.25) is 5.91 Å². The zero-order valence-corrected chi connectivity index (χ0v) is 15.4. The fourth-order valence-corrected chi connectivity index (χ4v) is 3.08. The summed E-state index contributed by atoms with van der Waals surface area (Å²) in [6.45, 7) is 2.98. The number of aryl methyl sites for hydroxylation is 1. The summed E-state index contributed by atoms with van der Waals surface area (Å²) >= 11 is 1.15. The number of thiazole rings is 1. The van der Waals surface area contributed by atoms with Crippen molar-refractivity contribution in [3.63, 3.8) is 0 Å². The number of carbonyl (C=O) groups excluding carboxylic acids is 2. The van der Waals surface area contributed by atoms with Crippen molar-refractivity contribution in [2.75, 3.05) is 4.90 Å². The van der Waals surface area contributed by atoms with Gasteiger partial charge in [-0.15, -0.1) is 11.3 Å². The molecule has 0 aliphatic rings. The lowest BCUT2D eigenvalue weighted by Gasteiger charge is -2.18. The van der Waals surface area contributed by atoms with Crippen molar-refractivity contribution in [2.45, 2.75) is 20.5 Å². The molecule has 0 unspecified atom stereocenters. The van der Waals surface area contributed by atoms with Crippen LogP contribution >= 0.6 is 11.3 Å². The first-order valence-corrected chi connectivity index (χ1v) is 8.79. The average Bonchev–Trinajstić information content (AvgIpc) is 3.10. The largest absolute Gasteiger partial charge is 0.454 e. The minimum absolute atomic E-state index is 0.0905. The van der Waals surface area contributed by atoms with Gasteiger partial charge < -0.3 is 4.74 Å². The maximum Gasteiger partial charge on any atom is 0.358 e. The fraction of sp³-hybridized carbons (Fsp3) is 0.167. The number of para-hydroxylation sites is 1. The van der Waals surface area contributed by atoms with E-state index in [0.717, 1.165) is 11.3 Å². The number of amides is 1. The topological polar surface area (TPSA) is 85.3 Å². The van der Waals surface area contributed by atoms with Crippen LogP contribution in [0.25, 0.3) is 0 Å². The zero-order valence-electron chi connectivity index (χ0n) is 14.5. The van der Waals surface area contributed by atoms with E-state index in [4.69, 9.17) is 4.74 Å². The van der Waals surface area contributed by atoms with Crippen LogP contribution in [0.5, 0.6) is 0 Å². The number of hydrogen-bond donors (Lipinski definition) is 0. The molecule has 1 amide bonds. The Morgan fingerprint density at radius 3 is 2.67 bits per heavy atom. The molecule has 7 nitrogen and oxygen atoms in total. The van der Waals surface area contributed by atoms with Crippen LogP contribution in [0.3, 0.4) is 0 Å². The normalized spacial score (nSPS) is 10.5. The molecule has 0 N–H and O–H groups in total. The third-order valence-corrected chi connectivity index (χ3v) is 4.35. The van der Waals surface area contributed by atoms with Crippen molar-refractivity contribution < 1.29 is 18.7 Å². The Morgan fingerprint density at radius 2 is 2.00 bits per heavy atom. The molecule has 0 saturated carbocycles.